The van der Waals surface area contributed by atoms with Crippen molar-refractivity contribution in [1.29, 1.82) is 0 Å². The number of hydrogen-bond acceptors (Lipinski definition) is 2. The van der Waals surface area contributed by atoms with Crippen LogP contribution in [0.25, 0.3) is 11.0 Å². The third kappa shape index (κ3) is 2.93. The molecular formula is C16H20ClFN2S. The molecule has 0 bridgehead atoms. The van der Waals surface area contributed by atoms with Crippen LogP contribution in [0.3, 0.4) is 0 Å². The van der Waals surface area contributed by atoms with Crippen molar-refractivity contribution in [3.8, 4) is 0 Å². The minimum Gasteiger partial charge on any atom is -0.324 e. The average molecular weight is 327 g/mol. The first-order chi connectivity index (χ1) is 10.1. The summed E-state index contributed by atoms with van der Waals surface area (Å²) in [6, 6.07) is 5.28. The maximum atomic E-state index is 13.4. The van der Waals surface area contributed by atoms with Crippen LogP contribution in [0.4, 0.5) is 4.39 Å². The molecule has 3 unspecified atom stereocenters. The summed E-state index contributed by atoms with van der Waals surface area (Å²) >= 11 is 8.35. The van der Waals surface area contributed by atoms with Crippen LogP contribution in [0.5, 0.6) is 0 Å². The molecule has 0 spiro atoms. The van der Waals surface area contributed by atoms with E-state index in [1.807, 2.05) is 24.8 Å². The van der Waals surface area contributed by atoms with E-state index in [0.29, 0.717) is 11.6 Å². The Morgan fingerprint density at radius 1 is 1.48 bits per heavy atom. The van der Waals surface area contributed by atoms with Crippen molar-refractivity contribution >= 4 is 34.4 Å². The van der Waals surface area contributed by atoms with Crippen LogP contribution >= 0.6 is 23.4 Å². The van der Waals surface area contributed by atoms with Gasteiger partial charge >= 0.3 is 0 Å². The molecule has 2 aromatic rings. The van der Waals surface area contributed by atoms with Gasteiger partial charge in [-0.1, -0.05) is 6.92 Å². The molecule has 21 heavy (non-hydrogen) atoms. The number of benzene rings is 1. The Balaban J connectivity index is 2.02. The molecule has 0 N–H and O–H groups in total. The van der Waals surface area contributed by atoms with Gasteiger partial charge in [-0.15, -0.1) is 11.6 Å². The first-order valence-electron chi connectivity index (χ1n) is 7.53. The van der Waals surface area contributed by atoms with Crippen LogP contribution in [-0.4, -0.2) is 20.6 Å². The molecule has 0 amide bonds. The van der Waals surface area contributed by atoms with Crippen LogP contribution in [0.2, 0.25) is 0 Å². The van der Waals surface area contributed by atoms with Gasteiger partial charge in [0.05, 0.1) is 16.4 Å². The molecule has 1 heterocycles. The lowest BCUT2D eigenvalue weighted by atomic mass is 10.2. The Bertz CT molecular complexity index is 640. The molecule has 2 nitrogen and oxygen atoms in total. The first-order valence-corrected chi connectivity index (χ1v) is 9.01. The smallest absolute Gasteiger partial charge is 0.127 e. The van der Waals surface area contributed by atoms with Gasteiger partial charge in [0.15, 0.2) is 0 Å². The van der Waals surface area contributed by atoms with Crippen molar-refractivity contribution in [2.45, 2.75) is 49.8 Å². The van der Waals surface area contributed by atoms with E-state index in [2.05, 4.69) is 16.5 Å². The van der Waals surface area contributed by atoms with Gasteiger partial charge in [0.1, 0.15) is 11.6 Å². The van der Waals surface area contributed by atoms with E-state index in [1.54, 1.807) is 0 Å². The highest BCUT2D eigenvalue weighted by Crippen LogP contribution is 2.40. The highest BCUT2D eigenvalue weighted by molar-refractivity contribution is 7.99. The molecule has 0 saturated heterocycles. The summed E-state index contributed by atoms with van der Waals surface area (Å²) in [5, 5.41) is 0.551. The fraction of sp³-hybridized carbons (Fsp3) is 0.562. The number of halogens is 2. The van der Waals surface area contributed by atoms with Crippen LogP contribution < -0.4 is 0 Å². The van der Waals surface area contributed by atoms with E-state index in [0.717, 1.165) is 35.2 Å². The summed E-state index contributed by atoms with van der Waals surface area (Å²) in [7, 11) is 0. The van der Waals surface area contributed by atoms with E-state index in [4.69, 9.17) is 11.6 Å². The summed E-state index contributed by atoms with van der Waals surface area (Å²) in [6.45, 7) is 4.14. The molecule has 1 aromatic heterocycles. The maximum absolute atomic E-state index is 13.4. The Morgan fingerprint density at radius 3 is 3.00 bits per heavy atom. The fourth-order valence-electron chi connectivity index (χ4n) is 3.29. The van der Waals surface area contributed by atoms with Crippen LogP contribution in [0, 0.1) is 5.82 Å². The number of rotatable bonds is 4. The number of thioether (sulfide) groups is 1. The minimum atomic E-state index is -0.244. The number of nitrogens with zero attached hydrogens (tertiary/aromatic N) is 2. The van der Waals surface area contributed by atoms with Gasteiger partial charge in [0, 0.05) is 17.4 Å². The molecule has 1 fully saturated rings. The van der Waals surface area contributed by atoms with Gasteiger partial charge < -0.3 is 4.57 Å². The van der Waals surface area contributed by atoms with Gasteiger partial charge in [0.2, 0.25) is 0 Å². The van der Waals surface area contributed by atoms with Crippen LogP contribution in [0.15, 0.2) is 18.2 Å². The third-order valence-electron chi connectivity index (χ3n) is 4.16. The number of aromatic nitrogens is 2. The molecule has 1 aliphatic rings. The zero-order valence-corrected chi connectivity index (χ0v) is 13.9. The van der Waals surface area contributed by atoms with Crippen molar-refractivity contribution in [3.63, 3.8) is 0 Å². The van der Waals surface area contributed by atoms with Crippen LogP contribution in [0.1, 0.15) is 50.4 Å². The zero-order chi connectivity index (χ0) is 15.0. The molecule has 114 valence electrons. The number of fused-ring (bicyclic) bond motifs is 1. The standard InChI is InChI=1S/C16H20ClFN2S/c1-3-21-13-6-5-12(9-13)20-15-7-4-11(18)8-14(15)19-16(20)10(2)17/h4,7-8,10,12-13H,3,5-6,9H2,1-2H3. The topological polar surface area (TPSA) is 17.8 Å². The predicted molar refractivity (Wildman–Crippen MR) is 88.8 cm³/mol. The molecular weight excluding hydrogens is 307 g/mol. The first kappa shape index (κ1) is 15.2. The molecule has 1 aromatic carbocycles. The SMILES string of the molecule is CCSC1CCC(n2c(C(C)Cl)nc3cc(F)ccc32)C1. The molecule has 1 aliphatic carbocycles. The van der Waals surface area contributed by atoms with E-state index >= 15 is 0 Å². The molecule has 3 rings (SSSR count). The number of imidazole rings is 1. The largest absolute Gasteiger partial charge is 0.324 e. The van der Waals surface area contributed by atoms with E-state index in [-0.39, 0.29) is 11.2 Å². The quantitative estimate of drug-likeness (QED) is 0.707. The van der Waals surface area contributed by atoms with Crippen molar-refractivity contribution < 1.29 is 4.39 Å². The minimum absolute atomic E-state index is 0.168. The van der Waals surface area contributed by atoms with Gasteiger partial charge in [-0.05, 0) is 44.1 Å². The fourth-order valence-corrected chi connectivity index (χ4v) is 4.58. The monoisotopic (exact) mass is 326 g/mol. The summed E-state index contributed by atoms with van der Waals surface area (Å²) < 4.78 is 15.7. The lowest BCUT2D eigenvalue weighted by molar-refractivity contribution is 0.511. The number of alkyl halides is 1. The Hall–Kier alpha value is -0.740. The highest BCUT2D eigenvalue weighted by Gasteiger charge is 2.29. The summed E-state index contributed by atoms with van der Waals surface area (Å²) in [5.41, 5.74) is 1.72. The third-order valence-corrected chi connectivity index (χ3v) is 5.59. The Kier molecular flexibility index (Phi) is 4.46. The van der Waals surface area contributed by atoms with Gasteiger partial charge in [0.25, 0.3) is 0 Å². The Labute approximate surface area is 134 Å². The van der Waals surface area contributed by atoms with E-state index < -0.39 is 0 Å². The molecule has 1 saturated carbocycles. The summed E-state index contributed by atoms with van der Waals surface area (Å²) in [4.78, 5) is 4.57. The number of hydrogen-bond donors (Lipinski definition) is 0. The second-order valence-corrected chi connectivity index (χ2v) is 7.87. The van der Waals surface area contributed by atoms with E-state index in [9.17, 15) is 4.39 Å². The second-order valence-electron chi connectivity index (χ2n) is 5.63. The summed E-state index contributed by atoms with van der Waals surface area (Å²) in [5.74, 6) is 1.78. The van der Waals surface area contributed by atoms with E-state index in [1.165, 1.54) is 18.6 Å². The average Bonchev–Trinajstić information content (AvgIpc) is 3.02. The lowest BCUT2D eigenvalue weighted by Gasteiger charge is -2.18. The highest BCUT2D eigenvalue weighted by atomic mass is 35.5. The molecule has 3 atom stereocenters. The van der Waals surface area contributed by atoms with Crippen LogP contribution in [-0.2, 0) is 0 Å². The van der Waals surface area contributed by atoms with Crippen molar-refractivity contribution in [2.75, 3.05) is 5.75 Å². The zero-order valence-electron chi connectivity index (χ0n) is 12.4. The second kappa shape index (κ2) is 6.17. The van der Waals surface area contributed by atoms with Gasteiger partial charge in [-0.25, -0.2) is 9.37 Å². The van der Waals surface area contributed by atoms with Crippen molar-refractivity contribution in [3.05, 3.63) is 29.8 Å². The normalized spacial score (nSPS) is 23.8. The maximum Gasteiger partial charge on any atom is 0.127 e. The lowest BCUT2D eigenvalue weighted by Crippen LogP contribution is -2.11. The molecule has 0 radical (unpaired) electrons. The Morgan fingerprint density at radius 2 is 2.29 bits per heavy atom. The predicted octanol–water partition coefficient (Wildman–Crippen LogP) is 5.32. The molecule has 0 aliphatic heterocycles. The van der Waals surface area contributed by atoms with Crippen molar-refractivity contribution in [1.82, 2.24) is 9.55 Å². The summed E-state index contributed by atoms with van der Waals surface area (Å²) in [6.07, 6.45) is 3.54. The van der Waals surface area contributed by atoms with Gasteiger partial charge in [-0.2, -0.15) is 11.8 Å². The van der Waals surface area contributed by atoms with Crippen molar-refractivity contribution in [2.24, 2.45) is 0 Å². The molecule has 5 heteroatoms. The van der Waals surface area contributed by atoms with Gasteiger partial charge in [-0.3, -0.25) is 0 Å².